The molecular weight excluding hydrogens is 236 g/mol. The zero-order valence-electron chi connectivity index (χ0n) is 9.03. The molecule has 4 nitrogen and oxygen atoms in total. The van der Waals surface area contributed by atoms with Crippen molar-refractivity contribution in [3.05, 3.63) is 23.8 Å². The van der Waals surface area contributed by atoms with Gasteiger partial charge in [0.2, 0.25) is 5.91 Å². The lowest BCUT2D eigenvalue weighted by Crippen LogP contribution is -2.45. The summed E-state index contributed by atoms with van der Waals surface area (Å²) < 4.78 is 5.13. The molecule has 0 radical (unpaired) electrons. The predicted octanol–water partition coefficient (Wildman–Crippen LogP) is 1.52. The van der Waals surface area contributed by atoms with Crippen molar-refractivity contribution in [2.45, 2.75) is 10.3 Å². The van der Waals surface area contributed by atoms with Crippen molar-refractivity contribution in [1.29, 1.82) is 5.26 Å². The van der Waals surface area contributed by atoms with Gasteiger partial charge in [-0.1, -0.05) is 6.07 Å². The van der Waals surface area contributed by atoms with E-state index in [2.05, 4.69) is 11.4 Å². The van der Waals surface area contributed by atoms with Crippen molar-refractivity contribution in [3.63, 3.8) is 0 Å². The van der Waals surface area contributed by atoms with Gasteiger partial charge in [-0.3, -0.25) is 4.79 Å². The summed E-state index contributed by atoms with van der Waals surface area (Å²) in [5, 5.41) is 12.1. The third-order valence-electron chi connectivity index (χ3n) is 3.08. The van der Waals surface area contributed by atoms with E-state index in [1.165, 1.54) is 11.8 Å². The molecule has 0 aliphatic carbocycles. The topological polar surface area (TPSA) is 62.1 Å². The fourth-order valence-electron chi connectivity index (χ4n) is 1.98. The van der Waals surface area contributed by atoms with Crippen LogP contribution in [0.2, 0.25) is 0 Å². The fourth-order valence-corrected chi connectivity index (χ4v) is 2.77. The molecule has 86 valence electrons. The van der Waals surface area contributed by atoms with E-state index in [9.17, 15) is 10.1 Å². The van der Waals surface area contributed by atoms with Crippen LogP contribution in [0.1, 0.15) is 5.56 Å². The lowest BCUT2D eigenvalue weighted by molar-refractivity contribution is -0.113. The number of thioether (sulfide) groups is 1. The molecule has 0 aromatic heterocycles. The van der Waals surface area contributed by atoms with Gasteiger partial charge in [-0.25, -0.2) is 0 Å². The monoisotopic (exact) mass is 246 g/mol. The Morgan fingerprint density at radius 1 is 1.47 bits per heavy atom. The quantitative estimate of drug-likeness (QED) is 0.816. The first-order valence-corrected chi connectivity index (χ1v) is 6.28. The van der Waals surface area contributed by atoms with E-state index in [-0.39, 0.29) is 5.91 Å². The second kappa shape index (κ2) is 3.76. The maximum atomic E-state index is 11.3. The van der Waals surface area contributed by atoms with E-state index in [0.717, 1.165) is 16.1 Å². The highest BCUT2D eigenvalue weighted by Crippen LogP contribution is 2.38. The Bertz CT molecular complexity index is 532. The van der Waals surface area contributed by atoms with Gasteiger partial charge in [0.1, 0.15) is 5.41 Å². The maximum absolute atomic E-state index is 11.3. The van der Waals surface area contributed by atoms with Gasteiger partial charge in [-0.2, -0.15) is 5.26 Å². The van der Waals surface area contributed by atoms with Gasteiger partial charge < -0.3 is 10.1 Å². The second-order valence-electron chi connectivity index (χ2n) is 4.23. The normalized spacial score (nSPS) is 20.8. The third kappa shape index (κ3) is 1.61. The number of ether oxygens (including phenoxy) is 1. The number of carbonyl (C=O) groups excluding carboxylic acids is 1. The van der Waals surface area contributed by atoms with E-state index in [1.807, 2.05) is 18.2 Å². The molecule has 1 saturated heterocycles. The number of fused-ring (bicyclic) bond motifs is 1. The highest BCUT2D eigenvalue weighted by molar-refractivity contribution is 8.00. The van der Waals surface area contributed by atoms with Crippen LogP contribution in [-0.2, 0) is 14.9 Å². The molecule has 1 N–H and O–H groups in total. The van der Waals surface area contributed by atoms with Gasteiger partial charge in [-0.15, -0.1) is 11.8 Å². The summed E-state index contributed by atoms with van der Waals surface area (Å²) in [4.78, 5) is 12.4. The number of hydrogen-bond acceptors (Lipinski definition) is 4. The van der Waals surface area contributed by atoms with Crippen LogP contribution in [0.3, 0.4) is 0 Å². The van der Waals surface area contributed by atoms with Crippen LogP contribution in [0.5, 0.6) is 0 Å². The number of nitrogens with zero attached hydrogens (tertiary/aromatic N) is 1. The summed E-state index contributed by atoms with van der Waals surface area (Å²) in [7, 11) is 0. The van der Waals surface area contributed by atoms with Gasteiger partial charge >= 0.3 is 0 Å². The van der Waals surface area contributed by atoms with Crippen LogP contribution in [0.4, 0.5) is 5.69 Å². The number of benzene rings is 1. The number of anilines is 1. The van der Waals surface area contributed by atoms with Crippen LogP contribution in [0.25, 0.3) is 0 Å². The van der Waals surface area contributed by atoms with Crippen LogP contribution in [-0.4, -0.2) is 24.9 Å². The van der Waals surface area contributed by atoms with Crippen molar-refractivity contribution < 1.29 is 9.53 Å². The third-order valence-corrected chi connectivity index (χ3v) is 4.15. The first-order valence-electron chi connectivity index (χ1n) is 5.30. The van der Waals surface area contributed by atoms with E-state index >= 15 is 0 Å². The summed E-state index contributed by atoms with van der Waals surface area (Å²) >= 11 is 1.52. The molecule has 1 aromatic carbocycles. The number of nitriles is 1. The molecule has 0 atom stereocenters. The van der Waals surface area contributed by atoms with Gasteiger partial charge in [0.25, 0.3) is 0 Å². The molecular formula is C12H10N2O2S. The average molecular weight is 246 g/mol. The van der Waals surface area contributed by atoms with Gasteiger partial charge in [-0.05, 0) is 17.7 Å². The van der Waals surface area contributed by atoms with Crippen molar-refractivity contribution in [3.8, 4) is 6.07 Å². The Balaban J connectivity index is 2.01. The Labute approximate surface area is 103 Å². The van der Waals surface area contributed by atoms with Gasteiger partial charge in [0.05, 0.1) is 30.7 Å². The van der Waals surface area contributed by atoms with Gasteiger partial charge in [0, 0.05) is 4.90 Å². The summed E-state index contributed by atoms with van der Waals surface area (Å²) in [6.45, 7) is 0.868. The molecule has 1 aromatic rings. The van der Waals surface area contributed by atoms with Crippen molar-refractivity contribution in [2.75, 3.05) is 24.3 Å². The highest BCUT2D eigenvalue weighted by Gasteiger charge is 2.41. The summed E-state index contributed by atoms with van der Waals surface area (Å²) in [5.74, 6) is 0.467. The minimum atomic E-state index is -0.526. The second-order valence-corrected chi connectivity index (χ2v) is 5.25. The smallest absolute Gasteiger partial charge is 0.234 e. The predicted molar refractivity (Wildman–Crippen MR) is 63.9 cm³/mol. The Morgan fingerprint density at radius 3 is 2.94 bits per heavy atom. The first kappa shape index (κ1) is 10.6. The number of nitrogens with one attached hydrogen (secondary N) is 1. The van der Waals surface area contributed by atoms with Crippen molar-refractivity contribution in [1.82, 2.24) is 0 Å². The molecule has 2 aliphatic rings. The Morgan fingerprint density at radius 2 is 2.29 bits per heavy atom. The molecule has 0 bridgehead atoms. The molecule has 5 heteroatoms. The fraction of sp³-hybridized carbons (Fsp3) is 0.333. The van der Waals surface area contributed by atoms with Crippen LogP contribution in [0, 0.1) is 11.3 Å². The van der Waals surface area contributed by atoms with Crippen molar-refractivity contribution >= 4 is 23.4 Å². The SMILES string of the molecule is N#CC1(c2ccc3c(c2)NC(=O)CS3)COC1. The molecule has 1 amide bonds. The highest BCUT2D eigenvalue weighted by atomic mass is 32.2. The molecule has 2 heterocycles. The minimum absolute atomic E-state index is 0.00974. The van der Waals surface area contributed by atoms with Crippen LogP contribution >= 0.6 is 11.8 Å². The first-order chi connectivity index (χ1) is 8.23. The molecule has 2 aliphatic heterocycles. The summed E-state index contributed by atoms with van der Waals surface area (Å²) in [5.41, 5.74) is 1.21. The minimum Gasteiger partial charge on any atom is -0.377 e. The Hall–Kier alpha value is -1.51. The largest absolute Gasteiger partial charge is 0.377 e. The zero-order valence-corrected chi connectivity index (χ0v) is 9.84. The summed E-state index contributed by atoms with van der Waals surface area (Å²) in [6, 6.07) is 8.12. The molecule has 0 spiro atoms. The summed E-state index contributed by atoms with van der Waals surface area (Å²) in [6.07, 6.45) is 0. The van der Waals surface area contributed by atoms with E-state index < -0.39 is 5.41 Å². The number of carbonyl (C=O) groups is 1. The molecule has 0 unspecified atom stereocenters. The lowest BCUT2D eigenvalue weighted by Gasteiger charge is -2.36. The zero-order chi connectivity index (χ0) is 11.9. The molecule has 3 rings (SSSR count). The number of hydrogen-bond donors (Lipinski definition) is 1. The van der Waals surface area contributed by atoms with Crippen molar-refractivity contribution in [2.24, 2.45) is 0 Å². The van der Waals surface area contributed by atoms with Crippen LogP contribution < -0.4 is 5.32 Å². The van der Waals surface area contributed by atoms with E-state index in [4.69, 9.17) is 4.74 Å². The standard InChI is InChI=1S/C12H10N2O2S/c13-5-12(6-16-7-12)8-1-2-10-9(3-8)14-11(15)4-17-10/h1-3H,4,6-7H2,(H,14,15). The maximum Gasteiger partial charge on any atom is 0.234 e. The molecule has 1 fully saturated rings. The van der Waals surface area contributed by atoms with E-state index in [1.54, 1.807) is 0 Å². The van der Waals surface area contributed by atoms with Crippen LogP contribution in [0.15, 0.2) is 23.1 Å². The van der Waals surface area contributed by atoms with Gasteiger partial charge in [0.15, 0.2) is 0 Å². The number of amides is 1. The Kier molecular flexibility index (Phi) is 2.35. The molecule has 17 heavy (non-hydrogen) atoms. The average Bonchev–Trinajstić information content (AvgIpc) is 2.28. The number of rotatable bonds is 1. The van der Waals surface area contributed by atoms with E-state index in [0.29, 0.717) is 19.0 Å². The lowest BCUT2D eigenvalue weighted by atomic mass is 9.80. The molecule has 0 saturated carbocycles.